The minimum absolute atomic E-state index is 0.464. The highest BCUT2D eigenvalue weighted by molar-refractivity contribution is 6.66. The topological polar surface area (TPSA) is 35.5 Å². The number of allylic oxidation sites excluding steroid dienone is 1. The van der Waals surface area contributed by atoms with Crippen molar-refractivity contribution in [1.82, 2.24) is 0 Å². The van der Waals surface area contributed by atoms with Gasteiger partial charge in [-0.25, -0.2) is 0 Å². The van der Waals surface area contributed by atoms with Crippen molar-refractivity contribution in [3.8, 4) is 11.5 Å². The average Bonchev–Trinajstić information content (AvgIpc) is 2.53. The van der Waals surface area contributed by atoms with E-state index in [4.69, 9.17) is 21.1 Å². The van der Waals surface area contributed by atoms with Crippen LogP contribution in [0.25, 0.3) is 6.08 Å². The van der Waals surface area contributed by atoms with E-state index in [1.807, 2.05) is 49.4 Å². The first-order chi connectivity index (χ1) is 10.6. The molecule has 3 nitrogen and oxygen atoms in total. The Bertz CT molecular complexity index is 675. The van der Waals surface area contributed by atoms with Gasteiger partial charge in [0.25, 0.3) is 0 Å². The summed E-state index contributed by atoms with van der Waals surface area (Å²) in [6.45, 7) is 2.47. The number of carbonyl (C=O) groups excluding carboxylic acids is 1. The summed E-state index contributed by atoms with van der Waals surface area (Å²) in [5.41, 5.74) is 3.02. The zero-order valence-corrected chi connectivity index (χ0v) is 13.3. The molecule has 0 amide bonds. The van der Waals surface area contributed by atoms with E-state index in [0.29, 0.717) is 6.61 Å². The molecule has 0 bridgehead atoms. The van der Waals surface area contributed by atoms with E-state index in [0.717, 1.165) is 28.2 Å². The molecule has 0 fully saturated rings. The lowest BCUT2D eigenvalue weighted by atomic mass is 10.1. The number of rotatable bonds is 6. The Labute approximate surface area is 135 Å². The number of ether oxygens (including phenoxy) is 2. The third-order valence-corrected chi connectivity index (χ3v) is 3.29. The largest absolute Gasteiger partial charge is 0.496 e. The Morgan fingerprint density at radius 3 is 2.55 bits per heavy atom. The van der Waals surface area contributed by atoms with E-state index in [-0.39, 0.29) is 0 Å². The molecular weight excluding hydrogens is 300 g/mol. The summed E-state index contributed by atoms with van der Waals surface area (Å²) in [5, 5.41) is -0.492. The molecule has 2 aromatic rings. The molecule has 22 heavy (non-hydrogen) atoms. The number of aryl methyl sites for hydroxylation is 1. The summed E-state index contributed by atoms with van der Waals surface area (Å²) in [6.07, 6.45) is 2.97. The van der Waals surface area contributed by atoms with Crippen LogP contribution in [0, 0.1) is 6.92 Å². The third kappa shape index (κ3) is 4.64. The quantitative estimate of drug-likeness (QED) is 0.586. The summed E-state index contributed by atoms with van der Waals surface area (Å²) in [6, 6.07) is 13.4. The molecule has 0 N–H and O–H groups in total. The van der Waals surface area contributed by atoms with Gasteiger partial charge in [-0.2, -0.15) is 0 Å². The van der Waals surface area contributed by atoms with Crippen molar-refractivity contribution in [1.29, 1.82) is 0 Å². The summed E-state index contributed by atoms with van der Waals surface area (Å²) in [7, 11) is 1.66. The molecule has 4 heteroatoms. The van der Waals surface area contributed by atoms with E-state index in [9.17, 15) is 4.79 Å². The third-order valence-electron chi connectivity index (χ3n) is 3.16. The Morgan fingerprint density at radius 2 is 1.91 bits per heavy atom. The van der Waals surface area contributed by atoms with Crippen LogP contribution in [0.5, 0.6) is 11.5 Å². The van der Waals surface area contributed by atoms with Gasteiger partial charge >= 0.3 is 0 Å². The summed E-state index contributed by atoms with van der Waals surface area (Å²) in [5.74, 6) is 1.61. The lowest BCUT2D eigenvalue weighted by molar-refractivity contribution is -0.107. The van der Waals surface area contributed by atoms with Gasteiger partial charge in [0, 0.05) is 0 Å². The number of benzene rings is 2. The molecule has 0 saturated carbocycles. The molecule has 0 aromatic heterocycles. The number of hydrogen-bond donors (Lipinski definition) is 0. The first kappa shape index (κ1) is 16.1. The molecule has 0 unspecified atom stereocenters. The van der Waals surface area contributed by atoms with Crippen molar-refractivity contribution >= 4 is 22.9 Å². The van der Waals surface area contributed by atoms with Crippen molar-refractivity contribution in [3.63, 3.8) is 0 Å². The second-order valence-corrected chi connectivity index (χ2v) is 5.17. The molecule has 0 saturated heterocycles. The minimum atomic E-state index is -0.492. The fourth-order valence-electron chi connectivity index (χ4n) is 1.96. The fraction of sp³-hybridized carbons (Fsp3) is 0.167. The van der Waals surface area contributed by atoms with Crippen LogP contribution in [-0.2, 0) is 11.4 Å². The number of halogens is 1. The second kappa shape index (κ2) is 7.66. The van der Waals surface area contributed by atoms with Crippen LogP contribution in [-0.4, -0.2) is 12.4 Å². The van der Waals surface area contributed by atoms with Crippen molar-refractivity contribution in [3.05, 3.63) is 65.2 Å². The SMILES string of the molecule is COc1cc(COc2ccc(/C=C/C(=O)Cl)cc2)ccc1C. The van der Waals surface area contributed by atoms with E-state index in [1.54, 1.807) is 13.2 Å². The van der Waals surface area contributed by atoms with Crippen molar-refractivity contribution in [2.24, 2.45) is 0 Å². The van der Waals surface area contributed by atoms with Gasteiger partial charge in [0.15, 0.2) is 0 Å². The van der Waals surface area contributed by atoms with E-state index in [2.05, 4.69) is 0 Å². The zero-order valence-electron chi connectivity index (χ0n) is 12.5. The van der Waals surface area contributed by atoms with Crippen LogP contribution >= 0.6 is 11.6 Å². The predicted molar refractivity (Wildman–Crippen MR) is 88.4 cm³/mol. The van der Waals surface area contributed by atoms with Gasteiger partial charge in [0.05, 0.1) is 7.11 Å². The summed E-state index contributed by atoms with van der Waals surface area (Å²) >= 11 is 5.25. The van der Waals surface area contributed by atoms with Crippen molar-refractivity contribution in [2.45, 2.75) is 13.5 Å². The summed E-state index contributed by atoms with van der Waals surface area (Å²) < 4.78 is 11.0. The zero-order chi connectivity index (χ0) is 15.9. The fourth-order valence-corrected chi connectivity index (χ4v) is 2.02. The maximum Gasteiger partial charge on any atom is 0.245 e. The molecule has 2 rings (SSSR count). The van der Waals surface area contributed by atoms with Crippen LogP contribution in [0.1, 0.15) is 16.7 Å². The van der Waals surface area contributed by atoms with Crippen LogP contribution < -0.4 is 9.47 Å². The number of carbonyl (C=O) groups is 1. The monoisotopic (exact) mass is 316 g/mol. The average molecular weight is 317 g/mol. The lowest BCUT2D eigenvalue weighted by Crippen LogP contribution is -1.97. The van der Waals surface area contributed by atoms with Gasteiger partial charge in [-0.3, -0.25) is 4.79 Å². The minimum Gasteiger partial charge on any atom is -0.496 e. The maximum absolute atomic E-state index is 10.7. The highest BCUT2D eigenvalue weighted by Gasteiger charge is 2.01. The predicted octanol–water partition coefficient (Wildman–Crippen LogP) is 4.36. The maximum atomic E-state index is 10.7. The van der Waals surface area contributed by atoms with Crippen molar-refractivity contribution in [2.75, 3.05) is 7.11 Å². The Kier molecular flexibility index (Phi) is 5.61. The molecule has 0 aliphatic heterocycles. The lowest BCUT2D eigenvalue weighted by Gasteiger charge is -2.09. The molecule has 114 valence electrons. The normalized spacial score (nSPS) is 10.7. The number of hydrogen-bond acceptors (Lipinski definition) is 3. The Morgan fingerprint density at radius 1 is 1.18 bits per heavy atom. The van der Waals surface area contributed by atoms with Gasteiger partial charge in [-0.1, -0.05) is 30.3 Å². The van der Waals surface area contributed by atoms with Crippen LogP contribution in [0.3, 0.4) is 0 Å². The van der Waals surface area contributed by atoms with E-state index < -0.39 is 5.24 Å². The van der Waals surface area contributed by atoms with Gasteiger partial charge in [0.1, 0.15) is 18.1 Å². The van der Waals surface area contributed by atoms with Crippen LogP contribution in [0.2, 0.25) is 0 Å². The van der Waals surface area contributed by atoms with E-state index >= 15 is 0 Å². The molecular formula is C18H17ClO3. The van der Waals surface area contributed by atoms with Crippen molar-refractivity contribution < 1.29 is 14.3 Å². The standard InChI is InChI=1S/C18H17ClO3/c1-13-3-4-15(11-17(13)21-2)12-22-16-8-5-14(6-9-16)7-10-18(19)20/h3-11H,12H2,1-2H3/b10-7+. The van der Waals surface area contributed by atoms with Crippen LogP contribution in [0.15, 0.2) is 48.5 Å². The number of methoxy groups -OCH3 is 1. The van der Waals surface area contributed by atoms with Crippen LogP contribution in [0.4, 0.5) is 0 Å². The van der Waals surface area contributed by atoms with Gasteiger partial charge in [-0.15, -0.1) is 0 Å². The smallest absolute Gasteiger partial charge is 0.245 e. The first-order valence-corrected chi connectivity index (χ1v) is 7.20. The second-order valence-electron chi connectivity index (χ2n) is 4.80. The van der Waals surface area contributed by atoms with Gasteiger partial charge < -0.3 is 9.47 Å². The molecule has 0 atom stereocenters. The highest BCUT2D eigenvalue weighted by atomic mass is 35.5. The molecule has 0 aliphatic carbocycles. The van der Waals surface area contributed by atoms with E-state index in [1.165, 1.54) is 6.08 Å². The molecule has 0 aliphatic rings. The molecule has 2 aromatic carbocycles. The Hall–Kier alpha value is -2.26. The molecule has 0 heterocycles. The molecule has 0 spiro atoms. The van der Waals surface area contributed by atoms with Gasteiger partial charge in [-0.05, 0) is 59.5 Å². The Balaban J connectivity index is 1.98. The van der Waals surface area contributed by atoms with Gasteiger partial charge in [0.2, 0.25) is 5.24 Å². The summed E-state index contributed by atoms with van der Waals surface area (Å²) in [4.78, 5) is 10.7. The molecule has 0 radical (unpaired) electrons. The highest BCUT2D eigenvalue weighted by Crippen LogP contribution is 2.21. The first-order valence-electron chi connectivity index (χ1n) is 6.82.